The number of nitrogens with two attached hydrogens (primary N) is 2. The van der Waals surface area contributed by atoms with E-state index in [1.807, 2.05) is 6.07 Å². The van der Waals surface area contributed by atoms with Crippen molar-refractivity contribution in [3.63, 3.8) is 0 Å². The lowest BCUT2D eigenvalue weighted by atomic mass is 9.82. The monoisotopic (exact) mass is 506 g/mol. The third-order valence-corrected chi connectivity index (χ3v) is 8.56. The lowest BCUT2D eigenvalue weighted by Gasteiger charge is -2.24. The van der Waals surface area contributed by atoms with E-state index in [4.69, 9.17) is 15.9 Å². The normalized spacial score (nSPS) is 15.6. The fourth-order valence-electron chi connectivity index (χ4n) is 4.62. The maximum atomic E-state index is 12.9. The molecule has 180 valence electrons. The average Bonchev–Trinajstić information content (AvgIpc) is 3.18. The molecule has 1 atom stereocenters. The second-order valence-corrected chi connectivity index (χ2v) is 11.4. The van der Waals surface area contributed by atoms with Crippen LogP contribution in [-0.2, 0) is 29.3 Å². The highest BCUT2D eigenvalue weighted by atomic mass is 32.2. The van der Waals surface area contributed by atoms with Gasteiger partial charge in [-0.25, -0.2) is 18.5 Å². The Morgan fingerprint density at radius 1 is 1.11 bits per heavy atom. The van der Waals surface area contributed by atoms with Gasteiger partial charge in [0.25, 0.3) is 5.91 Å². The van der Waals surface area contributed by atoms with Gasteiger partial charge in [0.15, 0.2) is 0 Å². The molecule has 35 heavy (non-hydrogen) atoms. The van der Waals surface area contributed by atoms with Crippen molar-refractivity contribution in [2.45, 2.75) is 36.5 Å². The molecule has 0 radical (unpaired) electrons. The summed E-state index contributed by atoms with van der Waals surface area (Å²) in [7, 11) is -3.72. The summed E-state index contributed by atoms with van der Waals surface area (Å²) in [6.07, 6.45) is 3.44. The average molecular weight is 507 g/mol. The number of benzene rings is 2. The quantitative estimate of drug-likeness (QED) is 0.367. The zero-order valence-corrected chi connectivity index (χ0v) is 20.7. The molecule has 1 aliphatic carbocycles. The van der Waals surface area contributed by atoms with Crippen molar-refractivity contribution in [1.82, 2.24) is 10.3 Å². The van der Waals surface area contributed by atoms with Crippen LogP contribution in [0, 0.1) is 0 Å². The van der Waals surface area contributed by atoms with Gasteiger partial charge in [0, 0.05) is 17.6 Å². The number of fused-ring (bicyclic) bond motifs is 2. The van der Waals surface area contributed by atoms with E-state index in [0.29, 0.717) is 29.4 Å². The molecule has 2 aromatic carbocycles. The SMILES string of the molecule is Nc1c(C(=O)NCCc2ccc(S(N)(=O)=O)cc2)sc2nc3c(cc12)CC(c1ccccc1)CC3. The molecule has 5 rings (SSSR count). The number of hydrogen-bond acceptors (Lipinski definition) is 6. The first kappa shape index (κ1) is 23.5. The van der Waals surface area contributed by atoms with Crippen molar-refractivity contribution in [2.75, 3.05) is 12.3 Å². The van der Waals surface area contributed by atoms with Crippen molar-refractivity contribution < 1.29 is 13.2 Å². The number of aromatic nitrogens is 1. The highest BCUT2D eigenvalue weighted by Gasteiger charge is 2.24. The first-order valence-electron chi connectivity index (χ1n) is 11.5. The number of thiophene rings is 1. The van der Waals surface area contributed by atoms with Gasteiger partial charge in [0.2, 0.25) is 10.0 Å². The zero-order valence-electron chi connectivity index (χ0n) is 19.0. The summed E-state index contributed by atoms with van der Waals surface area (Å²) in [6, 6.07) is 19.0. The Hall–Kier alpha value is -3.27. The predicted octanol–water partition coefficient (Wildman–Crippen LogP) is 3.77. The van der Waals surface area contributed by atoms with E-state index in [0.717, 1.165) is 40.7 Å². The number of nitrogens with one attached hydrogen (secondary N) is 1. The fraction of sp³-hybridized carbons (Fsp3) is 0.231. The Morgan fingerprint density at radius 3 is 2.57 bits per heavy atom. The molecule has 7 nitrogen and oxygen atoms in total. The number of primary sulfonamides is 1. The van der Waals surface area contributed by atoms with E-state index in [9.17, 15) is 13.2 Å². The zero-order chi connectivity index (χ0) is 24.6. The molecular formula is C26H26N4O3S2. The molecule has 0 bridgehead atoms. The third-order valence-electron chi connectivity index (χ3n) is 6.51. The Labute approximate surface area is 208 Å². The van der Waals surface area contributed by atoms with E-state index in [-0.39, 0.29) is 10.8 Å². The second kappa shape index (κ2) is 9.41. The highest BCUT2D eigenvalue weighted by Crippen LogP contribution is 2.38. The van der Waals surface area contributed by atoms with Crippen molar-refractivity contribution in [2.24, 2.45) is 5.14 Å². The molecule has 1 unspecified atom stereocenters. The van der Waals surface area contributed by atoms with E-state index in [1.165, 1.54) is 34.6 Å². The lowest BCUT2D eigenvalue weighted by molar-refractivity contribution is 0.0959. The third kappa shape index (κ3) is 4.93. The van der Waals surface area contributed by atoms with E-state index in [1.54, 1.807) is 12.1 Å². The molecule has 1 aliphatic rings. The molecule has 4 aromatic rings. The fourth-order valence-corrected chi connectivity index (χ4v) is 6.14. The molecular weight excluding hydrogens is 480 g/mol. The number of nitrogen functional groups attached to an aromatic ring is 1. The van der Waals surface area contributed by atoms with Crippen LogP contribution < -0.4 is 16.2 Å². The van der Waals surface area contributed by atoms with Gasteiger partial charge in [0.1, 0.15) is 9.71 Å². The molecule has 2 aromatic heterocycles. The Kier molecular flexibility index (Phi) is 6.31. The highest BCUT2D eigenvalue weighted by molar-refractivity contribution is 7.89. The Morgan fingerprint density at radius 2 is 1.86 bits per heavy atom. The molecule has 5 N–H and O–H groups in total. The van der Waals surface area contributed by atoms with Crippen molar-refractivity contribution in [3.05, 3.63) is 87.9 Å². The van der Waals surface area contributed by atoms with Crippen LogP contribution in [0.4, 0.5) is 5.69 Å². The first-order valence-corrected chi connectivity index (χ1v) is 13.8. The maximum absolute atomic E-state index is 12.9. The number of hydrogen-bond donors (Lipinski definition) is 3. The van der Waals surface area contributed by atoms with Crippen LogP contribution in [0.3, 0.4) is 0 Å². The van der Waals surface area contributed by atoms with Crippen molar-refractivity contribution >= 4 is 43.2 Å². The first-order chi connectivity index (χ1) is 16.8. The number of carbonyl (C=O) groups excluding carboxylic acids is 1. The summed E-state index contributed by atoms with van der Waals surface area (Å²) in [5, 5.41) is 8.88. The smallest absolute Gasteiger partial charge is 0.263 e. The number of anilines is 1. The molecule has 2 heterocycles. The maximum Gasteiger partial charge on any atom is 0.263 e. The molecule has 1 amide bonds. The number of nitrogens with zero attached hydrogens (tertiary/aromatic N) is 1. The minimum Gasteiger partial charge on any atom is -0.397 e. The van der Waals surface area contributed by atoms with Gasteiger partial charge in [-0.3, -0.25) is 4.79 Å². The number of sulfonamides is 1. The topological polar surface area (TPSA) is 128 Å². The van der Waals surface area contributed by atoms with Gasteiger partial charge >= 0.3 is 0 Å². The molecule has 9 heteroatoms. The number of rotatable bonds is 6. The van der Waals surface area contributed by atoms with Crippen LogP contribution in [-0.4, -0.2) is 25.9 Å². The van der Waals surface area contributed by atoms with Crippen LogP contribution in [0.1, 0.15) is 44.4 Å². The van der Waals surface area contributed by atoms with Gasteiger partial charge in [-0.1, -0.05) is 42.5 Å². The summed E-state index contributed by atoms with van der Waals surface area (Å²) in [4.78, 5) is 19.1. The van der Waals surface area contributed by atoms with Gasteiger partial charge in [-0.05, 0) is 66.5 Å². The van der Waals surface area contributed by atoms with E-state index in [2.05, 4.69) is 35.6 Å². The number of amides is 1. The van der Waals surface area contributed by atoms with Crippen molar-refractivity contribution in [1.29, 1.82) is 0 Å². The van der Waals surface area contributed by atoms with Gasteiger partial charge < -0.3 is 11.1 Å². The summed E-state index contributed by atoms with van der Waals surface area (Å²) in [6.45, 7) is 0.393. The van der Waals surface area contributed by atoms with Gasteiger partial charge in [-0.2, -0.15) is 0 Å². The van der Waals surface area contributed by atoms with Crippen LogP contribution in [0.2, 0.25) is 0 Å². The number of carbonyl (C=O) groups is 1. The number of pyridine rings is 1. The van der Waals surface area contributed by atoms with Crippen LogP contribution >= 0.6 is 11.3 Å². The lowest BCUT2D eigenvalue weighted by Crippen LogP contribution is -2.25. The summed E-state index contributed by atoms with van der Waals surface area (Å²) < 4.78 is 22.8. The van der Waals surface area contributed by atoms with Crippen LogP contribution in [0.15, 0.2) is 65.6 Å². The molecule has 0 saturated carbocycles. The standard InChI is InChI=1S/C26H26N4O3S2/c27-23-21-15-19-14-18(17-4-2-1-3-5-17)8-11-22(19)30-26(21)34-24(23)25(31)29-13-12-16-6-9-20(10-7-16)35(28,32)33/h1-7,9-10,15,18H,8,11-14,27H2,(H,29,31)(H2,28,32,33). The Bertz CT molecular complexity index is 1500. The minimum absolute atomic E-state index is 0.0635. The summed E-state index contributed by atoms with van der Waals surface area (Å²) in [5.41, 5.74) is 11.4. The van der Waals surface area contributed by atoms with Gasteiger partial charge in [-0.15, -0.1) is 11.3 Å². The largest absolute Gasteiger partial charge is 0.397 e. The molecule has 0 spiro atoms. The molecule has 0 saturated heterocycles. The Balaban J connectivity index is 1.28. The van der Waals surface area contributed by atoms with Gasteiger partial charge in [0.05, 0.1) is 10.6 Å². The molecule has 0 fully saturated rings. The molecule has 0 aliphatic heterocycles. The van der Waals surface area contributed by atoms with E-state index < -0.39 is 10.0 Å². The minimum atomic E-state index is -3.72. The van der Waals surface area contributed by atoms with Crippen LogP contribution in [0.25, 0.3) is 10.2 Å². The second-order valence-electron chi connectivity index (χ2n) is 8.84. The summed E-state index contributed by atoms with van der Waals surface area (Å²) in [5.74, 6) is 0.233. The van der Waals surface area contributed by atoms with E-state index >= 15 is 0 Å². The number of aryl methyl sites for hydroxylation is 1. The summed E-state index contributed by atoms with van der Waals surface area (Å²) >= 11 is 1.32. The van der Waals surface area contributed by atoms with Crippen molar-refractivity contribution in [3.8, 4) is 0 Å². The predicted molar refractivity (Wildman–Crippen MR) is 139 cm³/mol. The van der Waals surface area contributed by atoms with Crippen LogP contribution in [0.5, 0.6) is 0 Å².